The minimum atomic E-state index is -1.12. The van der Waals surface area contributed by atoms with Crippen molar-refractivity contribution in [1.82, 2.24) is 9.88 Å². The largest absolute Gasteiger partial charge is 0.365 e. The van der Waals surface area contributed by atoms with E-state index in [9.17, 15) is 9.90 Å². The monoisotopic (exact) mass is 190 g/mol. The van der Waals surface area contributed by atoms with Gasteiger partial charge in [0, 0.05) is 19.2 Å². The van der Waals surface area contributed by atoms with Gasteiger partial charge in [-0.2, -0.15) is 0 Å². The van der Waals surface area contributed by atoms with Crippen LogP contribution >= 0.6 is 0 Å². The molecule has 0 radical (unpaired) electrons. The first kappa shape index (κ1) is 7.94. The van der Waals surface area contributed by atoms with E-state index < -0.39 is 5.72 Å². The zero-order valence-electron chi connectivity index (χ0n) is 7.60. The van der Waals surface area contributed by atoms with Gasteiger partial charge in [-0.15, -0.1) is 0 Å². The summed E-state index contributed by atoms with van der Waals surface area (Å²) in [6, 6.07) is 3.45. The second kappa shape index (κ2) is 2.33. The van der Waals surface area contributed by atoms with Crippen molar-refractivity contribution in [3.63, 3.8) is 0 Å². The number of aromatic nitrogens is 1. The van der Waals surface area contributed by atoms with Crippen molar-refractivity contribution >= 4 is 5.91 Å². The standard InChI is InChI=1S/C10H10N2O2/c13-9-7-3-1-5-11-8(7)10(14)4-2-6-12(9)10/h1,3,5,14H,2,4,6H2. The van der Waals surface area contributed by atoms with Crippen LogP contribution in [0.4, 0.5) is 0 Å². The smallest absolute Gasteiger partial charge is 0.258 e. The van der Waals surface area contributed by atoms with Gasteiger partial charge in [0.15, 0.2) is 5.72 Å². The first-order valence-corrected chi connectivity index (χ1v) is 4.73. The van der Waals surface area contributed by atoms with Crippen LogP contribution in [0.2, 0.25) is 0 Å². The molecule has 2 aliphatic heterocycles. The van der Waals surface area contributed by atoms with E-state index in [-0.39, 0.29) is 5.91 Å². The summed E-state index contributed by atoms with van der Waals surface area (Å²) in [5, 5.41) is 10.3. The van der Waals surface area contributed by atoms with Gasteiger partial charge in [0.25, 0.3) is 5.91 Å². The molecule has 4 nitrogen and oxygen atoms in total. The summed E-state index contributed by atoms with van der Waals surface area (Å²) in [5.41, 5.74) is -0.0366. The van der Waals surface area contributed by atoms with Crippen molar-refractivity contribution < 1.29 is 9.90 Å². The Morgan fingerprint density at radius 2 is 2.43 bits per heavy atom. The maximum Gasteiger partial charge on any atom is 0.258 e. The molecule has 0 spiro atoms. The van der Waals surface area contributed by atoms with Crippen molar-refractivity contribution in [2.45, 2.75) is 18.6 Å². The van der Waals surface area contributed by atoms with E-state index in [4.69, 9.17) is 0 Å². The summed E-state index contributed by atoms with van der Waals surface area (Å²) in [6.45, 7) is 0.631. The Balaban J connectivity index is 2.26. The van der Waals surface area contributed by atoms with Gasteiger partial charge in [0.05, 0.1) is 5.56 Å². The molecule has 1 amide bonds. The van der Waals surface area contributed by atoms with Crippen LogP contribution in [0.3, 0.4) is 0 Å². The van der Waals surface area contributed by atoms with Crippen LogP contribution in [-0.4, -0.2) is 27.4 Å². The molecule has 1 atom stereocenters. The molecule has 0 saturated carbocycles. The SMILES string of the molecule is O=C1c2cccnc2C2(O)CCCN12. The molecule has 2 aliphatic rings. The highest BCUT2D eigenvalue weighted by molar-refractivity contribution is 5.99. The zero-order valence-corrected chi connectivity index (χ0v) is 7.60. The number of hydrogen-bond donors (Lipinski definition) is 1. The van der Waals surface area contributed by atoms with Crippen LogP contribution in [0.25, 0.3) is 0 Å². The van der Waals surface area contributed by atoms with E-state index in [1.807, 2.05) is 0 Å². The number of carbonyl (C=O) groups excluding carboxylic acids is 1. The Hall–Kier alpha value is -1.42. The van der Waals surface area contributed by atoms with Crippen molar-refractivity contribution in [2.24, 2.45) is 0 Å². The zero-order chi connectivity index (χ0) is 9.76. The quantitative estimate of drug-likeness (QED) is 0.647. The van der Waals surface area contributed by atoms with Crippen LogP contribution in [0.15, 0.2) is 18.3 Å². The number of amides is 1. The maximum atomic E-state index is 11.8. The maximum absolute atomic E-state index is 11.8. The average molecular weight is 190 g/mol. The number of rotatable bonds is 0. The third-order valence-electron chi connectivity index (χ3n) is 3.02. The molecule has 1 aromatic rings. The van der Waals surface area contributed by atoms with Gasteiger partial charge in [0.2, 0.25) is 0 Å². The van der Waals surface area contributed by atoms with Gasteiger partial charge in [-0.05, 0) is 18.6 Å². The lowest BCUT2D eigenvalue weighted by Gasteiger charge is -2.25. The highest BCUT2D eigenvalue weighted by Crippen LogP contribution is 2.42. The number of fused-ring (bicyclic) bond motifs is 3. The highest BCUT2D eigenvalue weighted by atomic mass is 16.3. The number of aliphatic hydroxyl groups is 1. The third kappa shape index (κ3) is 0.726. The van der Waals surface area contributed by atoms with E-state index in [1.54, 1.807) is 18.3 Å². The van der Waals surface area contributed by atoms with Crippen LogP contribution < -0.4 is 0 Å². The molecule has 0 aromatic carbocycles. The van der Waals surface area contributed by atoms with Gasteiger partial charge < -0.3 is 10.0 Å². The number of hydrogen-bond acceptors (Lipinski definition) is 3. The number of pyridine rings is 1. The molecule has 4 heteroatoms. The van der Waals surface area contributed by atoms with Gasteiger partial charge >= 0.3 is 0 Å². The minimum Gasteiger partial charge on any atom is -0.365 e. The van der Waals surface area contributed by atoms with Gasteiger partial charge in [-0.3, -0.25) is 9.78 Å². The second-order valence-electron chi connectivity index (χ2n) is 3.78. The van der Waals surface area contributed by atoms with Crippen molar-refractivity contribution in [2.75, 3.05) is 6.54 Å². The van der Waals surface area contributed by atoms with Crippen molar-refractivity contribution in [1.29, 1.82) is 0 Å². The van der Waals surface area contributed by atoms with Gasteiger partial charge in [-0.1, -0.05) is 0 Å². The summed E-state index contributed by atoms with van der Waals surface area (Å²) >= 11 is 0. The number of carbonyl (C=O) groups is 1. The molecular weight excluding hydrogens is 180 g/mol. The van der Waals surface area contributed by atoms with E-state index >= 15 is 0 Å². The van der Waals surface area contributed by atoms with Crippen molar-refractivity contribution in [3.05, 3.63) is 29.6 Å². The molecule has 3 rings (SSSR count). The van der Waals surface area contributed by atoms with Crippen LogP contribution in [0.5, 0.6) is 0 Å². The molecule has 1 fully saturated rings. The molecule has 1 saturated heterocycles. The normalized spacial score (nSPS) is 29.2. The summed E-state index contributed by atoms with van der Waals surface area (Å²) in [7, 11) is 0. The Morgan fingerprint density at radius 1 is 1.57 bits per heavy atom. The van der Waals surface area contributed by atoms with Gasteiger partial charge in [-0.25, -0.2) is 0 Å². The summed E-state index contributed by atoms with van der Waals surface area (Å²) in [4.78, 5) is 17.4. The first-order chi connectivity index (χ1) is 6.73. The fourth-order valence-electron chi connectivity index (χ4n) is 2.36. The molecule has 14 heavy (non-hydrogen) atoms. The van der Waals surface area contributed by atoms with Crippen LogP contribution in [0.1, 0.15) is 28.9 Å². The van der Waals surface area contributed by atoms with Crippen molar-refractivity contribution in [3.8, 4) is 0 Å². The molecule has 1 aromatic heterocycles. The minimum absolute atomic E-state index is 0.0897. The molecule has 3 heterocycles. The lowest BCUT2D eigenvalue weighted by atomic mass is 10.1. The summed E-state index contributed by atoms with van der Waals surface area (Å²) < 4.78 is 0. The Bertz CT molecular complexity index is 418. The van der Waals surface area contributed by atoms with E-state index in [0.29, 0.717) is 24.2 Å². The van der Waals surface area contributed by atoms with E-state index in [1.165, 1.54) is 4.90 Å². The fraction of sp³-hybridized carbons (Fsp3) is 0.400. The van der Waals surface area contributed by atoms with Gasteiger partial charge in [0.1, 0.15) is 5.69 Å². The molecule has 1 unspecified atom stereocenters. The predicted octanol–water partition coefficient (Wildman–Crippen LogP) is 0.476. The fourth-order valence-corrected chi connectivity index (χ4v) is 2.36. The van der Waals surface area contributed by atoms with E-state index in [2.05, 4.69) is 4.98 Å². The van der Waals surface area contributed by atoms with Crippen LogP contribution in [-0.2, 0) is 5.72 Å². The summed E-state index contributed by atoms with van der Waals surface area (Å²) in [6.07, 6.45) is 3.06. The molecule has 1 N–H and O–H groups in total. The molecule has 72 valence electrons. The Labute approximate surface area is 81.2 Å². The third-order valence-corrected chi connectivity index (χ3v) is 3.02. The number of nitrogens with zero attached hydrogens (tertiary/aromatic N) is 2. The molecular formula is C10H10N2O2. The Morgan fingerprint density at radius 3 is 3.29 bits per heavy atom. The van der Waals surface area contributed by atoms with Crippen LogP contribution in [0, 0.1) is 0 Å². The first-order valence-electron chi connectivity index (χ1n) is 4.73. The van der Waals surface area contributed by atoms with E-state index in [0.717, 1.165) is 6.42 Å². The topological polar surface area (TPSA) is 53.4 Å². The second-order valence-corrected chi connectivity index (χ2v) is 3.78. The summed E-state index contributed by atoms with van der Waals surface area (Å²) in [5.74, 6) is -0.0897. The average Bonchev–Trinajstić information content (AvgIpc) is 2.67. The Kier molecular flexibility index (Phi) is 1.32. The molecule has 0 aliphatic carbocycles. The lowest BCUT2D eigenvalue weighted by Crippen LogP contribution is -2.38. The molecule has 0 bridgehead atoms. The highest BCUT2D eigenvalue weighted by Gasteiger charge is 2.52. The predicted molar refractivity (Wildman–Crippen MR) is 48.4 cm³/mol. The lowest BCUT2D eigenvalue weighted by molar-refractivity contribution is -0.0604.